The third-order valence-electron chi connectivity index (χ3n) is 1.75. The molecule has 0 heterocycles. The van der Waals surface area contributed by atoms with Crippen LogP contribution in [0, 0.1) is 0 Å². The Morgan fingerprint density at radius 1 is 0.812 bits per heavy atom. The maximum absolute atomic E-state index is 5.58. The predicted octanol–water partition coefficient (Wildman–Crippen LogP) is 3.84. The summed E-state index contributed by atoms with van der Waals surface area (Å²) in [6.45, 7) is 0. The lowest BCUT2D eigenvalue weighted by Crippen LogP contribution is -1.82. The van der Waals surface area contributed by atoms with Gasteiger partial charge >= 0.3 is 0 Å². The quantitative estimate of drug-likeness (QED) is 0.702. The van der Waals surface area contributed by atoms with E-state index in [0.717, 1.165) is 0 Å². The summed E-state index contributed by atoms with van der Waals surface area (Å²) in [5, 5.41) is 1.30. The van der Waals surface area contributed by atoms with Crippen molar-refractivity contribution < 1.29 is 0 Å². The fraction of sp³-hybridized carbons (Fsp3) is 0. The molecule has 4 heteroatoms. The van der Waals surface area contributed by atoms with Gasteiger partial charge < -0.3 is 11.5 Å². The molecule has 0 spiro atoms. The molecule has 0 amide bonds. The third-order valence-corrected chi connectivity index (χ3v) is 2.33. The second kappa shape index (κ2) is 6.26. The van der Waals surface area contributed by atoms with E-state index in [4.69, 9.17) is 34.7 Å². The van der Waals surface area contributed by atoms with Gasteiger partial charge in [-0.3, -0.25) is 0 Å². The highest BCUT2D eigenvalue weighted by atomic mass is 35.5. The minimum atomic E-state index is 0.618. The van der Waals surface area contributed by atoms with E-state index in [1.165, 1.54) is 0 Å². The lowest BCUT2D eigenvalue weighted by molar-refractivity contribution is 1.68. The molecule has 16 heavy (non-hydrogen) atoms. The summed E-state index contributed by atoms with van der Waals surface area (Å²) in [5.41, 5.74) is 12.1. The lowest BCUT2D eigenvalue weighted by atomic mass is 10.3. The number of nitrogens with two attached hydrogens (primary N) is 2. The molecule has 0 aliphatic carbocycles. The summed E-state index contributed by atoms with van der Waals surface area (Å²) in [7, 11) is 0. The Morgan fingerprint density at radius 3 is 1.88 bits per heavy atom. The van der Waals surface area contributed by atoms with E-state index >= 15 is 0 Å². The van der Waals surface area contributed by atoms with Crippen LogP contribution in [0.2, 0.25) is 10.0 Å². The number of hydrogen-bond donors (Lipinski definition) is 2. The van der Waals surface area contributed by atoms with Gasteiger partial charge in [0.05, 0.1) is 10.7 Å². The van der Waals surface area contributed by atoms with Crippen molar-refractivity contribution in [3.63, 3.8) is 0 Å². The van der Waals surface area contributed by atoms with E-state index in [0.29, 0.717) is 21.4 Å². The summed E-state index contributed by atoms with van der Waals surface area (Å²) < 4.78 is 0. The van der Waals surface area contributed by atoms with Crippen LogP contribution in [0.4, 0.5) is 11.4 Å². The fourth-order valence-electron chi connectivity index (χ4n) is 0.982. The summed E-state index contributed by atoms with van der Waals surface area (Å²) in [4.78, 5) is 0. The average molecular weight is 255 g/mol. The molecule has 0 fully saturated rings. The van der Waals surface area contributed by atoms with Crippen molar-refractivity contribution >= 4 is 34.6 Å². The number of benzene rings is 2. The second-order valence-electron chi connectivity index (χ2n) is 3.08. The first kappa shape index (κ1) is 12.7. The van der Waals surface area contributed by atoms with Crippen molar-refractivity contribution in [3.8, 4) is 0 Å². The highest BCUT2D eigenvalue weighted by molar-refractivity contribution is 6.33. The average Bonchev–Trinajstić information content (AvgIpc) is 2.23. The first-order chi connectivity index (χ1) is 7.59. The molecule has 0 saturated heterocycles. The Balaban J connectivity index is 0.000000160. The Bertz CT molecular complexity index is 420. The van der Waals surface area contributed by atoms with Crippen molar-refractivity contribution in [3.05, 3.63) is 58.6 Å². The van der Waals surface area contributed by atoms with Crippen LogP contribution in [0.1, 0.15) is 0 Å². The van der Waals surface area contributed by atoms with Gasteiger partial charge in [-0.2, -0.15) is 0 Å². The van der Waals surface area contributed by atoms with E-state index in [9.17, 15) is 0 Å². The largest absolute Gasteiger partial charge is 0.399 e. The predicted molar refractivity (Wildman–Crippen MR) is 71.7 cm³/mol. The van der Waals surface area contributed by atoms with Gasteiger partial charge in [0, 0.05) is 10.7 Å². The number of nitrogen functional groups attached to an aromatic ring is 2. The first-order valence-electron chi connectivity index (χ1n) is 4.60. The summed E-state index contributed by atoms with van der Waals surface area (Å²) >= 11 is 11.1. The van der Waals surface area contributed by atoms with Gasteiger partial charge in [0.25, 0.3) is 0 Å². The zero-order valence-corrected chi connectivity index (χ0v) is 10.0. The van der Waals surface area contributed by atoms with Crippen LogP contribution in [0.3, 0.4) is 0 Å². The van der Waals surface area contributed by atoms with Crippen LogP contribution < -0.4 is 11.5 Å². The van der Waals surface area contributed by atoms with Gasteiger partial charge in [0.2, 0.25) is 0 Å². The topological polar surface area (TPSA) is 52.0 Å². The van der Waals surface area contributed by atoms with Gasteiger partial charge in [-0.25, -0.2) is 0 Å². The third kappa shape index (κ3) is 4.43. The van der Waals surface area contributed by atoms with E-state index in [1.54, 1.807) is 30.3 Å². The second-order valence-corrected chi connectivity index (χ2v) is 3.92. The van der Waals surface area contributed by atoms with Crippen LogP contribution in [0.15, 0.2) is 48.5 Å². The monoisotopic (exact) mass is 254 g/mol. The van der Waals surface area contributed by atoms with Crippen LogP contribution in [0.5, 0.6) is 0 Å². The van der Waals surface area contributed by atoms with Crippen LogP contribution >= 0.6 is 23.2 Å². The standard InChI is InChI=1S/2C6H6ClN/c7-5-2-1-3-6(8)4-5;7-5-3-1-2-4-6(5)8/h2*1-4H,8H2. The Morgan fingerprint density at radius 2 is 1.50 bits per heavy atom. The molecular weight excluding hydrogens is 243 g/mol. The summed E-state index contributed by atoms with van der Waals surface area (Å²) in [6.07, 6.45) is 0. The van der Waals surface area contributed by atoms with Gasteiger partial charge in [0.1, 0.15) is 0 Å². The van der Waals surface area contributed by atoms with Crippen LogP contribution in [0.25, 0.3) is 0 Å². The fourth-order valence-corrected chi connectivity index (χ4v) is 1.32. The number of hydrogen-bond acceptors (Lipinski definition) is 2. The highest BCUT2D eigenvalue weighted by Crippen LogP contribution is 2.15. The first-order valence-corrected chi connectivity index (χ1v) is 5.36. The molecule has 2 aromatic carbocycles. The van der Waals surface area contributed by atoms with Crippen molar-refractivity contribution in [2.24, 2.45) is 0 Å². The molecule has 0 saturated carbocycles. The zero-order valence-electron chi connectivity index (χ0n) is 8.53. The van der Waals surface area contributed by atoms with Crippen molar-refractivity contribution in [1.82, 2.24) is 0 Å². The maximum Gasteiger partial charge on any atom is 0.0635 e. The van der Waals surface area contributed by atoms with Gasteiger partial charge in [-0.1, -0.05) is 41.4 Å². The van der Waals surface area contributed by atoms with Gasteiger partial charge in [-0.15, -0.1) is 0 Å². The van der Waals surface area contributed by atoms with E-state index in [-0.39, 0.29) is 0 Å². The molecule has 0 radical (unpaired) electrons. The molecule has 0 atom stereocenters. The van der Waals surface area contributed by atoms with Crippen LogP contribution in [-0.4, -0.2) is 0 Å². The Labute approximate surface area is 105 Å². The zero-order chi connectivity index (χ0) is 12.0. The smallest absolute Gasteiger partial charge is 0.0635 e. The molecule has 0 bridgehead atoms. The maximum atomic E-state index is 5.58. The number of rotatable bonds is 0. The summed E-state index contributed by atoms with van der Waals surface area (Å²) in [6, 6.07) is 14.3. The number of halogens is 2. The number of anilines is 2. The minimum Gasteiger partial charge on any atom is -0.399 e. The molecule has 0 aliphatic heterocycles. The minimum absolute atomic E-state index is 0.618. The molecule has 84 valence electrons. The van der Waals surface area contributed by atoms with Crippen LogP contribution in [-0.2, 0) is 0 Å². The molecular formula is C12H12Cl2N2. The molecule has 2 aromatic rings. The molecule has 2 nitrogen and oxygen atoms in total. The molecule has 2 rings (SSSR count). The SMILES string of the molecule is Nc1cccc(Cl)c1.Nc1ccccc1Cl. The van der Waals surface area contributed by atoms with E-state index in [2.05, 4.69) is 0 Å². The highest BCUT2D eigenvalue weighted by Gasteiger charge is 1.87. The van der Waals surface area contributed by atoms with E-state index in [1.807, 2.05) is 18.2 Å². The van der Waals surface area contributed by atoms with Gasteiger partial charge in [0.15, 0.2) is 0 Å². The molecule has 4 N–H and O–H groups in total. The van der Waals surface area contributed by atoms with Gasteiger partial charge in [-0.05, 0) is 30.3 Å². The molecule has 0 aromatic heterocycles. The molecule has 0 unspecified atom stereocenters. The van der Waals surface area contributed by atoms with Crippen molar-refractivity contribution in [2.75, 3.05) is 11.5 Å². The Hall–Kier alpha value is -1.38. The molecule has 0 aliphatic rings. The number of para-hydroxylation sites is 1. The lowest BCUT2D eigenvalue weighted by Gasteiger charge is -1.91. The van der Waals surface area contributed by atoms with Crippen molar-refractivity contribution in [2.45, 2.75) is 0 Å². The normalized spacial score (nSPS) is 9.12. The van der Waals surface area contributed by atoms with Crippen molar-refractivity contribution in [1.29, 1.82) is 0 Å². The Kier molecular flexibility index (Phi) is 4.96. The summed E-state index contributed by atoms with van der Waals surface area (Å²) in [5.74, 6) is 0. The van der Waals surface area contributed by atoms with E-state index < -0.39 is 0 Å².